The molecule has 1 saturated carbocycles. The van der Waals surface area contributed by atoms with E-state index >= 15 is 0 Å². The van der Waals surface area contributed by atoms with Gasteiger partial charge in [0, 0.05) is 49.9 Å². The molecule has 1 aliphatic carbocycles. The van der Waals surface area contributed by atoms with Crippen LogP contribution in [0.3, 0.4) is 0 Å². The van der Waals surface area contributed by atoms with E-state index in [1.807, 2.05) is 50.2 Å². The molecule has 0 aromatic carbocycles. The van der Waals surface area contributed by atoms with Gasteiger partial charge in [-0.1, -0.05) is 0 Å². The lowest BCUT2D eigenvalue weighted by Gasteiger charge is -2.18. The van der Waals surface area contributed by atoms with Crippen LogP contribution >= 0.6 is 0 Å². The molecule has 4 rings (SSSR count). The van der Waals surface area contributed by atoms with Gasteiger partial charge in [-0.3, -0.25) is 10.1 Å². The van der Waals surface area contributed by atoms with Crippen molar-refractivity contribution in [3.63, 3.8) is 0 Å². The highest BCUT2D eigenvalue weighted by atomic mass is 15.2. The van der Waals surface area contributed by atoms with E-state index in [2.05, 4.69) is 25.1 Å². The van der Waals surface area contributed by atoms with E-state index in [1.54, 1.807) is 0 Å². The number of likely N-dealkylation sites (N-methyl/N-ethyl adjacent to an activating group) is 1. The van der Waals surface area contributed by atoms with E-state index < -0.39 is 0 Å². The van der Waals surface area contributed by atoms with Crippen LogP contribution in [0.15, 0.2) is 43.1 Å². The number of hydrogen-bond acceptors (Lipinski definition) is 5. The van der Waals surface area contributed by atoms with Crippen molar-refractivity contribution in [1.82, 2.24) is 25.1 Å². The van der Waals surface area contributed by atoms with E-state index in [0.717, 1.165) is 30.0 Å². The second kappa shape index (κ2) is 6.39. The van der Waals surface area contributed by atoms with Crippen molar-refractivity contribution in [3.05, 3.63) is 54.4 Å². The normalized spacial score (nSPS) is 13.9. The van der Waals surface area contributed by atoms with Crippen molar-refractivity contribution in [1.29, 1.82) is 0 Å². The summed E-state index contributed by atoms with van der Waals surface area (Å²) in [4.78, 5) is 15.7. The number of hydrogen-bond donors (Lipinski definition) is 1. The standard InChI is InChI=1S/C18H20N6/c1-24(9-6-13-10-21-22-11-13)18-20-12-16(14-4-7-19-8-5-14)17(23-18)15-2-3-15/h4-5,7-8,10-12,15H,2-3,6,9H2,1H3,(H,21,22). The van der Waals surface area contributed by atoms with Crippen molar-refractivity contribution >= 4 is 5.95 Å². The van der Waals surface area contributed by atoms with E-state index in [0.29, 0.717) is 5.92 Å². The highest BCUT2D eigenvalue weighted by Gasteiger charge is 2.29. The molecule has 3 heterocycles. The minimum Gasteiger partial charge on any atom is -0.344 e. The summed E-state index contributed by atoms with van der Waals surface area (Å²) in [6.07, 6.45) is 12.7. The quantitative estimate of drug-likeness (QED) is 0.756. The molecular weight excluding hydrogens is 300 g/mol. The maximum atomic E-state index is 4.88. The predicted molar refractivity (Wildman–Crippen MR) is 92.8 cm³/mol. The lowest BCUT2D eigenvalue weighted by molar-refractivity contribution is 0.826. The second-order valence-electron chi connectivity index (χ2n) is 6.26. The molecule has 6 nitrogen and oxygen atoms in total. The van der Waals surface area contributed by atoms with Gasteiger partial charge in [0.25, 0.3) is 0 Å². The summed E-state index contributed by atoms with van der Waals surface area (Å²) in [5, 5.41) is 6.83. The molecule has 0 amide bonds. The first-order chi connectivity index (χ1) is 11.8. The SMILES string of the molecule is CN(CCc1cn[nH]c1)c1ncc(-c2ccncc2)c(C2CC2)n1. The van der Waals surface area contributed by atoms with Crippen LogP contribution in [0.4, 0.5) is 5.95 Å². The van der Waals surface area contributed by atoms with Gasteiger partial charge in [-0.15, -0.1) is 0 Å². The number of H-pyrrole nitrogens is 1. The molecule has 1 aliphatic rings. The van der Waals surface area contributed by atoms with Gasteiger partial charge in [0.15, 0.2) is 0 Å². The van der Waals surface area contributed by atoms with Crippen LogP contribution in [0.1, 0.15) is 30.0 Å². The smallest absolute Gasteiger partial charge is 0.225 e. The Kier molecular flexibility index (Phi) is 3.94. The molecule has 3 aromatic rings. The summed E-state index contributed by atoms with van der Waals surface area (Å²) in [5.41, 5.74) is 4.63. The Bertz CT molecular complexity index is 796. The van der Waals surface area contributed by atoms with Crippen molar-refractivity contribution in [2.75, 3.05) is 18.5 Å². The molecule has 122 valence electrons. The lowest BCUT2D eigenvalue weighted by Crippen LogP contribution is -2.23. The highest BCUT2D eigenvalue weighted by molar-refractivity contribution is 5.66. The van der Waals surface area contributed by atoms with E-state index in [-0.39, 0.29) is 0 Å². The number of nitrogens with one attached hydrogen (secondary N) is 1. The number of aromatic amines is 1. The zero-order valence-electron chi connectivity index (χ0n) is 13.7. The summed E-state index contributed by atoms with van der Waals surface area (Å²) >= 11 is 0. The molecule has 6 heteroatoms. The van der Waals surface area contributed by atoms with Crippen LogP contribution in [0.25, 0.3) is 11.1 Å². The summed E-state index contributed by atoms with van der Waals surface area (Å²) in [6, 6.07) is 4.04. The molecule has 0 aliphatic heterocycles. The molecule has 1 fully saturated rings. The number of rotatable bonds is 6. The van der Waals surface area contributed by atoms with Gasteiger partial charge in [-0.25, -0.2) is 9.97 Å². The van der Waals surface area contributed by atoms with E-state index in [9.17, 15) is 0 Å². The zero-order valence-corrected chi connectivity index (χ0v) is 13.7. The summed E-state index contributed by atoms with van der Waals surface area (Å²) in [6.45, 7) is 0.859. The van der Waals surface area contributed by atoms with Crippen LogP contribution in [0, 0.1) is 0 Å². The number of aromatic nitrogens is 5. The van der Waals surface area contributed by atoms with Crippen molar-refractivity contribution in [3.8, 4) is 11.1 Å². The largest absolute Gasteiger partial charge is 0.344 e. The van der Waals surface area contributed by atoms with Gasteiger partial charge in [-0.2, -0.15) is 5.10 Å². The molecular formula is C18H20N6. The van der Waals surface area contributed by atoms with E-state index in [4.69, 9.17) is 4.98 Å². The Balaban J connectivity index is 1.57. The lowest BCUT2D eigenvalue weighted by atomic mass is 10.0. The maximum absolute atomic E-state index is 4.88. The fraction of sp³-hybridized carbons (Fsp3) is 0.333. The number of anilines is 1. The van der Waals surface area contributed by atoms with Gasteiger partial charge >= 0.3 is 0 Å². The van der Waals surface area contributed by atoms with Gasteiger partial charge in [0.2, 0.25) is 5.95 Å². The molecule has 0 atom stereocenters. The topological polar surface area (TPSA) is 70.6 Å². The van der Waals surface area contributed by atoms with Crippen molar-refractivity contribution < 1.29 is 0 Å². The molecule has 0 saturated heterocycles. The first-order valence-corrected chi connectivity index (χ1v) is 8.27. The van der Waals surface area contributed by atoms with Gasteiger partial charge in [0.05, 0.1) is 11.9 Å². The molecule has 1 N–H and O–H groups in total. The predicted octanol–water partition coefficient (Wildman–Crippen LogP) is 2.82. The average molecular weight is 320 g/mol. The summed E-state index contributed by atoms with van der Waals surface area (Å²) in [7, 11) is 2.04. The first-order valence-electron chi connectivity index (χ1n) is 8.27. The van der Waals surface area contributed by atoms with Crippen LogP contribution in [0.5, 0.6) is 0 Å². The van der Waals surface area contributed by atoms with Crippen LogP contribution in [0.2, 0.25) is 0 Å². The molecule has 3 aromatic heterocycles. The van der Waals surface area contributed by atoms with Gasteiger partial charge in [-0.05, 0) is 42.5 Å². The van der Waals surface area contributed by atoms with Crippen molar-refractivity contribution in [2.24, 2.45) is 0 Å². The van der Waals surface area contributed by atoms with Crippen LogP contribution in [-0.4, -0.2) is 38.7 Å². The van der Waals surface area contributed by atoms with Gasteiger partial charge < -0.3 is 4.90 Å². The molecule has 24 heavy (non-hydrogen) atoms. The second-order valence-corrected chi connectivity index (χ2v) is 6.26. The highest BCUT2D eigenvalue weighted by Crippen LogP contribution is 2.43. The molecule has 0 spiro atoms. The van der Waals surface area contributed by atoms with E-state index in [1.165, 1.54) is 24.1 Å². The maximum Gasteiger partial charge on any atom is 0.225 e. The number of nitrogens with zero attached hydrogens (tertiary/aromatic N) is 5. The third kappa shape index (κ3) is 3.13. The first kappa shape index (κ1) is 14.8. The number of pyridine rings is 1. The minimum absolute atomic E-state index is 0.567. The van der Waals surface area contributed by atoms with Crippen molar-refractivity contribution in [2.45, 2.75) is 25.2 Å². The molecule has 0 radical (unpaired) electrons. The third-order valence-corrected chi connectivity index (χ3v) is 4.39. The Labute approximate surface area is 141 Å². The van der Waals surface area contributed by atoms with Crippen LogP contribution in [-0.2, 0) is 6.42 Å². The Morgan fingerprint density at radius 1 is 1.21 bits per heavy atom. The fourth-order valence-corrected chi connectivity index (χ4v) is 2.80. The van der Waals surface area contributed by atoms with Gasteiger partial charge in [0.1, 0.15) is 0 Å². The Morgan fingerprint density at radius 2 is 2.04 bits per heavy atom. The minimum atomic E-state index is 0.567. The zero-order chi connectivity index (χ0) is 16.4. The average Bonchev–Trinajstić information content (AvgIpc) is 3.35. The fourth-order valence-electron chi connectivity index (χ4n) is 2.80. The molecule has 0 bridgehead atoms. The van der Waals surface area contributed by atoms with Crippen LogP contribution < -0.4 is 4.90 Å². The summed E-state index contributed by atoms with van der Waals surface area (Å²) < 4.78 is 0. The Hall–Kier alpha value is -2.76. The molecule has 0 unspecified atom stereocenters. The Morgan fingerprint density at radius 3 is 2.75 bits per heavy atom. The monoisotopic (exact) mass is 320 g/mol. The summed E-state index contributed by atoms with van der Waals surface area (Å²) in [5.74, 6) is 1.36. The third-order valence-electron chi connectivity index (χ3n) is 4.39.